The molecule has 77 valence electrons. The maximum absolute atomic E-state index is 2.30. The molecule has 0 N–H and O–H groups in total. The summed E-state index contributed by atoms with van der Waals surface area (Å²) in [5, 5.41) is 0. The SMILES string of the molecule is CCCCC[CH2][Sn+][CH2]CCCCC. The van der Waals surface area contributed by atoms with Crippen LogP contribution in [0.15, 0.2) is 0 Å². The molecule has 0 rings (SSSR count). The van der Waals surface area contributed by atoms with Crippen LogP contribution in [0.5, 0.6) is 0 Å². The van der Waals surface area contributed by atoms with Crippen LogP contribution in [0.4, 0.5) is 0 Å². The molecule has 0 saturated heterocycles. The van der Waals surface area contributed by atoms with Crippen molar-refractivity contribution >= 4 is 21.1 Å². The van der Waals surface area contributed by atoms with E-state index in [9.17, 15) is 0 Å². The second-order valence-corrected chi connectivity index (χ2v) is 8.15. The molecule has 0 atom stereocenters. The van der Waals surface area contributed by atoms with E-state index in [2.05, 4.69) is 13.8 Å². The Morgan fingerprint density at radius 1 is 0.615 bits per heavy atom. The fraction of sp³-hybridized carbons (Fsp3) is 1.00. The summed E-state index contributed by atoms with van der Waals surface area (Å²) in [7, 11) is 0. The molecule has 0 spiro atoms. The zero-order valence-electron chi connectivity index (χ0n) is 9.57. The summed E-state index contributed by atoms with van der Waals surface area (Å²) in [6.45, 7) is 4.59. The molecule has 0 fully saturated rings. The predicted molar refractivity (Wildman–Crippen MR) is 63.7 cm³/mol. The van der Waals surface area contributed by atoms with Gasteiger partial charge in [-0.3, -0.25) is 0 Å². The van der Waals surface area contributed by atoms with Crippen LogP contribution >= 0.6 is 0 Å². The Bertz CT molecular complexity index is 71.2. The average Bonchev–Trinajstić information content (AvgIpc) is 2.16. The molecule has 0 aromatic carbocycles. The number of unbranched alkanes of at least 4 members (excludes halogenated alkanes) is 6. The zero-order chi connectivity index (χ0) is 9.78. The molecule has 0 saturated carbocycles. The first-order chi connectivity index (χ1) is 6.41. The van der Waals surface area contributed by atoms with Crippen molar-refractivity contribution in [3.8, 4) is 0 Å². The molecule has 1 heteroatoms. The van der Waals surface area contributed by atoms with Gasteiger partial charge in [0.05, 0.1) is 0 Å². The van der Waals surface area contributed by atoms with Crippen LogP contribution in [0.1, 0.15) is 65.2 Å². The first kappa shape index (κ1) is 13.8. The van der Waals surface area contributed by atoms with E-state index < -0.39 is 0 Å². The molecule has 0 amide bonds. The quantitative estimate of drug-likeness (QED) is 0.404. The summed E-state index contributed by atoms with van der Waals surface area (Å²) in [4.78, 5) is 0. The van der Waals surface area contributed by atoms with Gasteiger partial charge < -0.3 is 0 Å². The number of hydrogen-bond acceptors (Lipinski definition) is 0. The van der Waals surface area contributed by atoms with Gasteiger partial charge in [0.1, 0.15) is 0 Å². The predicted octanol–water partition coefficient (Wildman–Crippen LogP) is 4.69. The summed E-state index contributed by atoms with van der Waals surface area (Å²) in [5.41, 5.74) is 0. The third-order valence-electron chi connectivity index (χ3n) is 2.41. The molecular weight excluding hydrogens is 263 g/mol. The molecule has 0 bridgehead atoms. The Balaban J connectivity index is 2.76. The van der Waals surface area contributed by atoms with Crippen LogP contribution in [0.3, 0.4) is 0 Å². The molecule has 1 radical (unpaired) electrons. The molecule has 0 unspecified atom stereocenters. The molecule has 0 nitrogen and oxygen atoms in total. The summed E-state index contributed by atoms with van der Waals surface area (Å²) in [6, 6.07) is 0. The summed E-state index contributed by atoms with van der Waals surface area (Å²) < 4.78 is 3.30. The molecule has 0 aliphatic carbocycles. The minimum absolute atomic E-state index is 0.104. The fourth-order valence-electron chi connectivity index (χ4n) is 1.48. The first-order valence-electron chi connectivity index (χ1n) is 6.12. The third kappa shape index (κ3) is 12.8. The van der Waals surface area contributed by atoms with E-state index >= 15 is 0 Å². The third-order valence-corrected chi connectivity index (χ3v) is 6.45. The van der Waals surface area contributed by atoms with Crippen molar-refractivity contribution in [1.29, 1.82) is 0 Å². The Hall–Kier alpha value is 0.799. The molecule has 0 aliphatic rings. The van der Waals surface area contributed by atoms with Crippen LogP contribution in [-0.4, -0.2) is 21.1 Å². The van der Waals surface area contributed by atoms with Gasteiger partial charge in [-0.1, -0.05) is 0 Å². The second kappa shape index (κ2) is 12.8. The van der Waals surface area contributed by atoms with E-state index in [4.69, 9.17) is 0 Å². The van der Waals surface area contributed by atoms with Crippen molar-refractivity contribution < 1.29 is 0 Å². The summed E-state index contributed by atoms with van der Waals surface area (Å²) in [6.07, 6.45) is 11.8. The van der Waals surface area contributed by atoms with Gasteiger partial charge in [-0.25, -0.2) is 0 Å². The van der Waals surface area contributed by atoms with Crippen LogP contribution in [-0.2, 0) is 0 Å². The monoisotopic (exact) mass is 290 g/mol. The Morgan fingerprint density at radius 3 is 1.46 bits per heavy atom. The second-order valence-electron chi connectivity index (χ2n) is 3.87. The van der Waals surface area contributed by atoms with Crippen molar-refractivity contribution in [2.24, 2.45) is 0 Å². The van der Waals surface area contributed by atoms with Crippen LogP contribution in [0.25, 0.3) is 0 Å². The minimum atomic E-state index is 0.104. The van der Waals surface area contributed by atoms with Gasteiger partial charge in [0, 0.05) is 0 Å². The topological polar surface area (TPSA) is 0 Å². The van der Waals surface area contributed by atoms with Gasteiger partial charge in [0.2, 0.25) is 0 Å². The molecule has 0 heterocycles. The van der Waals surface area contributed by atoms with Crippen molar-refractivity contribution in [2.75, 3.05) is 0 Å². The van der Waals surface area contributed by atoms with Crippen LogP contribution in [0, 0.1) is 0 Å². The van der Waals surface area contributed by atoms with Crippen molar-refractivity contribution in [1.82, 2.24) is 0 Å². The molecule has 0 aliphatic heterocycles. The van der Waals surface area contributed by atoms with E-state index in [1.165, 1.54) is 38.5 Å². The molecule has 13 heavy (non-hydrogen) atoms. The van der Waals surface area contributed by atoms with E-state index in [1.807, 2.05) is 0 Å². The van der Waals surface area contributed by atoms with Crippen molar-refractivity contribution in [3.63, 3.8) is 0 Å². The number of hydrogen-bond donors (Lipinski definition) is 0. The first-order valence-corrected chi connectivity index (χ1v) is 10.2. The Morgan fingerprint density at radius 2 is 1.08 bits per heavy atom. The fourth-order valence-corrected chi connectivity index (χ4v) is 5.05. The van der Waals surface area contributed by atoms with Gasteiger partial charge in [-0.2, -0.15) is 0 Å². The zero-order valence-corrected chi connectivity index (χ0v) is 12.4. The normalized spacial score (nSPS) is 10.3. The summed E-state index contributed by atoms with van der Waals surface area (Å²) in [5.74, 6) is 0. The average molecular weight is 289 g/mol. The van der Waals surface area contributed by atoms with Crippen LogP contribution < -0.4 is 0 Å². The van der Waals surface area contributed by atoms with Gasteiger partial charge >= 0.3 is 95.2 Å². The number of rotatable bonds is 10. The van der Waals surface area contributed by atoms with E-state index in [0.29, 0.717) is 0 Å². The van der Waals surface area contributed by atoms with Crippen LogP contribution in [0.2, 0.25) is 8.87 Å². The standard InChI is InChI=1S/2C6H13.Sn/c2*1-3-5-6-4-2;/h2*1,3-6H2,2H3;/q;;+1. The van der Waals surface area contributed by atoms with Crippen molar-refractivity contribution in [3.05, 3.63) is 0 Å². The van der Waals surface area contributed by atoms with Gasteiger partial charge in [0.25, 0.3) is 0 Å². The summed E-state index contributed by atoms with van der Waals surface area (Å²) >= 11 is 0.104. The molecular formula is C12H26Sn+. The van der Waals surface area contributed by atoms with E-state index in [0.717, 1.165) is 0 Å². The Labute approximate surface area is 95.1 Å². The molecule has 0 aromatic heterocycles. The van der Waals surface area contributed by atoms with E-state index in [1.54, 1.807) is 21.7 Å². The molecule has 0 aromatic rings. The van der Waals surface area contributed by atoms with E-state index in [-0.39, 0.29) is 21.1 Å². The van der Waals surface area contributed by atoms with Gasteiger partial charge in [-0.05, 0) is 0 Å². The van der Waals surface area contributed by atoms with Gasteiger partial charge in [0.15, 0.2) is 0 Å². The maximum atomic E-state index is 2.30. The van der Waals surface area contributed by atoms with Crippen molar-refractivity contribution in [2.45, 2.75) is 74.1 Å². The van der Waals surface area contributed by atoms with Gasteiger partial charge in [-0.15, -0.1) is 0 Å². The Kier molecular flexibility index (Phi) is 13.6.